The number of nitrogens with zero attached hydrogens (tertiary/aromatic N) is 1. The predicted molar refractivity (Wildman–Crippen MR) is 114 cm³/mol. The van der Waals surface area contributed by atoms with Crippen LogP contribution < -0.4 is 14.8 Å². The number of sulfonamides is 1. The molecule has 1 heterocycles. The zero-order valence-corrected chi connectivity index (χ0v) is 18.2. The van der Waals surface area contributed by atoms with Gasteiger partial charge in [0.2, 0.25) is 15.9 Å². The van der Waals surface area contributed by atoms with E-state index in [4.69, 9.17) is 9.47 Å². The van der Waals surface area contributed by atoms with Crippen LogP contribution in [0, 0.1) is 0 Å². The van der Waals surface area contributed by atoms with Gasteiger partial charge >= 0.3 is 0 Å². The molecule has 8 heteroatoms. The fourth-order valence-electron chi connectivity index (χ4n) is 3.51. The topological polar surface area (TPSA) is 84.9 Å². The molecule has 1 amide bonds. The summed E-state index contributed by atoms with van der Waals surface area (Å²) in [6.07, 6.45) is 2.63. The monoisotopic (exact) mass is 432 g/mol. The molecule has 1 aliphatic rings. The van der Waals surface area contributed by atoms with Gasteiger partial charge in [-0.15, -0.1) is 0 Å². The zero-order valence-electron chi connectivity index (χ0n) is 17.4. The summed E-state index contributed by atoms with van der Waals surface area (Å²) in [5, 5.41) is 2.90. The van der Waals surface area contributed by atoms with Crippen LogP contribution in [0.5, 0.6) is 11.5 Å². The van der Waals surface area contributed by atoms with Crippen molar-refractivity contribution in [1.29, 1.82) is 0 Å². The molecular formula is C22H28N2O5S. The molecule has 0 bridgehead atoms. The molecular weight excluding hydrogens is 404 g/mol. The van der Waals surface area contributed by atoms with Crippen molar-refractivity contribution >= 4 is 15.9 Å². The molecule has 0 saturated carbocycles. The lowest BCUT2D eigenvalue weighted by molar-refractivity contribution is -0.120. The van der Waals surface area contributed by atoms with Crippen molar-refractivity contribution in [3.05, 3.63) is 53.6 Å². The van der Waals surface area contributed by atoms with Crippen molar-refractivity contribution in [3.63, 3.8) is 0 Å². The number of ether oxygens (including phenoxy) is 2. The van der Waals surface area contributed by atoms with Crippen LogP contribution in [-0.2, 0) is 27.7 Å². The average molecular weight is 433 g/mol. The second-order valence-corrected chi connectivity index (χ2v) is 9.15. The summed E-state index contributed by atoms with van der Waals surface area (Å²) in [5.74, 6) is 1.19. The fraction of sp³-hybridized carbons (Fsp3) is 0.409. The number of benzene rings is 2. The molecule has 162 valence electrons. The maximum Gasteiger partial charge on any atom is 0.243 e. The van der Waals surface area contributed by atoms with Crippen molar-refractivity contribution in [3.8, 4) is 11.5 Å². The quantitative estimate of drug-likeness (QED) is 0.658. The van der Waals surface area contributed by atoms with E-state index in [1.807, 2.05) is 0 Å². The number of rotatable bonds is 9. The van der Waals surface area contributed by atoms with Gasteiger partial charge in [-0.3, -0.25) is 4.79 Å². The third-order valence-corrected chi connectivity index (χ3v) is 7.11. The maximum atomic E-state index is 12.6. The van der Waals surface area contributed by atoms with E-state index in [0.717, 1.165) is 24.0 Å². The number of methoxy groups -OCH3 is 2. The van der Waals surface area contributed by atoms with Gasteiger partial charge in [-0.05, 0) is 55.2 Å². The highest BCUT2D eigenvalue weighted by Crippen LogP contribution is 2.24. The Balaban J connectivity index is 1.52. The highest BCUT2D eigenvalue weighted by atomic mass is 32.2. The molecule has 0 aromatic heterocycles. The normalized spacial score (nSPS) is 14.5. The summed E-state index contributed by atoms with van der Waals surface area (Å²) in [6.45, 7) is 1.64. The Kier molecular flexibility index (Phi) is 7.33. The molecule has 2 aromatic rings. The van der Waals surface area contributed by atoms with Crippen molar-refractivity contribution in [2.75, 3.05) is 33.9 Å². The Morgan fingerprint density at radius 2 is 1.73 bits per heavy atom. The Hall–Kier alpha value is -2.58. The average Bonchev–Trinajstić information content (AvgIpc) is 3.30. The number of nitrogens with one attached hydrogen (secondary N) is 1. The molecule has 3 rings (SSSR count). The van der Waals surface area contributed by atoms with Gasteiger partial charge < -0.3 is 14.8 Å². The van der Waals surface area contributed by atoms with Gasteiger partial charge in [-0.1, -0.05) is 12.1 Å². The van der Waals surface area contributed by atoms with Gasteiger partial charge in [0.25, 0.3) is 0 Å². The van der Waals surface area contributed by atoms with E-state index in [9.17, 15) is 13.2 Å². The summed E-state index contributed by atoms with van der Waals surface area (Å²) in [5.41, 5.74) is 1.72. The minimum atomic E-state index is -3.39. The first-order chi connectivity index (χ1) is 14.4. The van der Waals surface area contributed by atoms with Gasteiger partial charge in [-0.2, -0.15) is 4.31 Å². The summed E-state index contributed by atoms with van der Waals surface area (Å²) in [4.78, 5) is 12.6. The number of hydrogen-bond acceptors (Lipinski definition) is 5. The molecule has 2 aromatic carbocycles. The first kappa shape index (κ1) is 22.1. The van der Waals surface area contributed by atoms with E-state index < -0.39 is 10.0 Å². The van der Waals surface area contributed by atoms with E-state index in [2.05, 4.69) is 5.32 Å². The number of amides is 1. The zero-order chi connectivity index (χ0) is 21.6. The van der Waals surface area contributed by atoms with Crippen LogP contribution in [0.15, 0.2) is 47.4 Å². The predicted octanol–water partition coefficient (Wildman–Crippen LogP) is 2.39. The van der Waals surface area contributed by atoms with Crippen LogP contribution in [0.4, 0.5) is 0 Å². The minimum Gasteiger partial charge on any atom is -0.497 e. The van der Waals surface area contributed by atoms with E-state index in [1.54, 1.807) is 56.7 Å². The largest absolute Gasteiger partial charge is 0.497 e. The molecule has 1 fully saturated rings. The second kappa shape index (κ2) is 9.95. The van der Waals surface area contributed by atoms with E-state index in [-0.39, 0.29) is 12.3 Å². The third-order valence-electron chi connectivity index (χ3n) is 5.20. The maximum absolute atomic E-state index is 12.6. The lowest BCUT2D eigenvalue weighted by Gasteiger charge is -2.15. The number of hydrogen-bond donors (Lipinski definition) is 1. The molecule has 1 aliphatic heterocycles. The molecule has 0 aliphatic carbocycles. The van der Waals surface area contributed by atoms with Crippen molar-refractivity contribution in [1.82, 2.24) is 9.62 Å². The fourth-order valence-corrected chi connectivity index (χ4v) is 5.02. The Morgan fingerprint density at radius 3 is 2.37 bits per heavy atom. The number of carbonyl (C=O) groups is 1. The Labute approximate surface area is 178 Å². The van der Waals surface area contributed by atoms with Crippen LogP contribution in [-0.4, -0.2) is 52.5 Å². The highest BCUT2D eigenvalue weighted by Gasteiger charge is 2.26. The van der Waals surface area contributed by atoms with Crippen molar-refractivity contribution in [2.45, 2.75) is 30.6 Å². The highest BCUT2D eigenvalue weighted by molar-refractivity contribution is 7.89. The van der Waals surface area contributed by atoms with E-state index in [1.165, 1.54) is 4.31 Å². The van der Waals surface area contributed by atoms with E-state index >= 15 is 0 Å². The van der Waals surface area contributed by atoms with Gasteiger partial charge in [0, 0.05) is 25.2 Å². The van der Waals surface area contributed by atoms with Crippen molar-refractivity contribution in [2.24, 2.45) is 0 Å². The molecule has 7 nitrogen and oxygen atoms in total. The third kappa shape index (κ3) is 5.31. The molecule has 1 N–H and O–H groups in total. The Bertz CT molecular complexity index is 968. The lowest BCUT2D eigenvalue weighted by atomic mass is 10.1. The number of carbonyl (C=O) groups excluding carboxylic acids is 1. The van der Waals surface area contributed by atoms with Crippen LogP contribution >= 0.6 is 0 Å². The molecule has 0 radical (unpaired) electrons. The van der Waals surface area contributed by atoms with Gasteiger partial charge in [0.15, 0.2) is 0 Å². The molecule has 0 unspecified atom stereocenters. The lowest BCUT2D eigenvalue weighted by Crippen LogP contribution is -2.28. The van der Waals surface area contributed by atoms with E-state index in [0.29, 0.717) is 42.4 Å². The van der Waals surface area contributed by atoms with Crippen LogP contribution in [0.3, 0.4) is 0 Å². The first-order valence-corrected chi connectivity index (χ1v) is 11.4. The van der Waals surface area contributed by atoms with Crippen molar-refractivity contribution < 1.29 is 22.7 Å². The van der Waals surface area contributed by atoms with Gasteiger partial charge in [0.05, 0.1) is 25.5 Å². The molecule has 0 spiro atoms. The molecule has 1 saturated heterocycles. The van der Waals surface area contributed by atoms with Gasteiger partial charge in [-0.25, -0.2) is 8.42 Å². The van der Waals surface area contributed by atoms with Crippen LogP contribution in [0.2, 0.25) is 0 Å². The van der Waals surface area contributed by atoms with Gasteiger partial charge in [0.1, 0.15) is 11.5 Å². The van der Waals surface area contributed by atoms with Crippen LogP contribution in [0.25, 0.3) is 0 Å². The standard InChI is InChI=1S/C22H28N2O5S/c1-28-19-7-10-21(29-2)18(15-19)16-22(25)23-12-11-17-5-8-20(9-6-17)30(26,27)24-13-3-4-14-24/h5-10,15H,3-4,11-14,16H2,1-2H3,(H,23,25). The summed E-state index contributed by atoms with van der Waals surface area (Å²) >= 11 is 0. The summed E-state index contributed by atoms with van der Waals surface area (Å²) < 4.78 is 37.2. The summed E-state index contributed by atoms with van der Waals surface area (Å²) in [7, 11) is -0.252. The first-order valence-electron chi connectivity index (χ1n) is 10.0. The minimum absolute atomic E-state index is 0.116. The smallest absolute Gasteiger partial charge is 0.243 e. The molecule has 0 atom stereocenters. The molecule has 30 heavy (non-hydrogen) atoms. The van der Waals surface area contributed by atoms with Crippen LogP contribution in [0.1, 0.15) is 24.0 Å². The Morgan fingerprint density at radius 1 is 1.03 bits per heavy atom. The summed E-state index contributed by atoms with van der Waals surface area (Å²) in [6, 6.07) is 12.3. The second-order valence-electron chi connectivity index (χ2n) is 7.21. The SMILES string of the molecule is COc1ccc(OC)c(CC(=O)NCCc2ccc(S(=O)(=O)N3CCCC3)cc2)c1.